The third kappa shape index (κ3) is 5.76. The highest BCUT2D eigenvalue weighted by Gasteiger charge is 2.12. The number of nitrogens with zero attached hydrogens (tertiary/aromatic N) is 1. The zero-order valence-corrected chi connectivity index (χ0v) is 12.8. The Labute approximate surface area is 138 Å². The number of hydrogen-bond donors (Lipinski definition) is 2. The molecular formula is C17H14ClN3O2. The van der Waals surface area contributed by atoms with Crippen LogP contribution in [0.4, 0.5) is 5.69 Å². The summed E-state index contributed by atoms with van der Waals surface area (Å²) in [6.45, 7) is 0. The minimum Gasteiger partial charge on any atom is -0.318 e. The molecule has 0 atom stereocenters. The summed E-state index contributed by atoms with van der Waals surface area (Å²) in [4.78, 5) is 23.2. The van der Waals surface area contributed by atoms with Gasteiger partial charge >= 0.3 is 11.8 Å². The second-order valence-electron chi connectivity index (χ2n) is 4.45. The molecule has 23 heavy (non-hydrogen) atoms. The molecule has 6 heteroatoms. The number of hydrazone groups is 1. The number of carbonyl (C=O) groups excluding carboxylic acids is 2. The average Bonchev–Trinajstić information content (AvgIpc) is 2.57. The second kappa shape index (κ2) is 8.51. The van der Waals surface area contributed by atoms with Gasteiger partial charge in [0.2, 0.25) is 0 Å². The molecule has 0 fully saturated rings. The molecule has 0 aliphatic rings. The van der Waals surface area contributed by atoms with E-state index in [1.165, 1.54) is 6.21 Å². The molecule has 0 spiro atoms. The molecule has 2 aromatic rings. The fraction of sp³-hybridized carbons (Fsp3) is 0. The summed E-state index contributed by atoms with van der Waals surface area (Å²) >= 11 is 5.74. The van der Waals surface area contributed by atoms with E-state index >= 15 is 0 Å². The van der Waals surface area contributed by atoms with Crippen LogP contribution in [0.1, 0.15) is 5.56 Å². The first-order chi connectivity index (χ1) is 11.1. The third-order valence-corrected chi connectivity index (χ3v) is 2.98. The Hall–Kier alpha value is -2.92. The van der Waals surface area contributed by atoms with Crippen molar-refractivity contribution < 1.29 is 9.59 Å². The van der Waals surface area contributed by atoms with Gasteiger partial charge in [0.25, 0.3) is 0 Å². The van der Waals surface area contributed by atoms with Gasteiger partial charge in [-0.3, -0.25) is 9.59 Å². The van der Waals surface area contributed by atoms with Gasteiger partial charge in [-0.1, -0.05) is 48.0 Å². The number of carbonyl (C=O) groups is 2. The summed E-state index contributed by atoms with van der Waals surface area (Å²) in [7, 11) is 0. The van der Waals surface area contributed by atoms with Gasteiger partial charge in [0.15, 0.2) is 0 Å². The Kier molecular flexibility index (Phi) is 6.08. The van der Waals surface area contributed by atoms with Crippen molar-refractivity contribution in [2.75, 3.05) is 5.32 Å². The number of rotatable bonds is 4. The molecule has 0 bridgehead atoms. The highest BCUT2D eigenvalue weighted by atomic mass is 35.5. The van der Waals surface area contributed by atoms with Crippen molar-refractivity contribution in [2.45, 2.75) is 0 Å². The Morgan fingerprint density at radius 2 is 1.65 bits per heavy atom. The van der Waals surface area contributed by atoms with Crippen molar-refractivity contribution in [1.29, 1.82) is 0 Å². The van der Waals surface area contributed by atoms with Crippen LogP contribution in [0.5, 0.6) is 0 Å². The molecule has 2 amide bonds. The van der Waals surface area contributed by atoms with Crippen molar-refractivity contribution in [1.82, 2.24) is 5.43 Å². The van der Waals surface area contributed by atoms with Gasteiger partial charge in [-0.2, -0.15) is 5.10 Å². The van der Waals surface area contributed by atoms with Gasteiger partial charge in [-0.05, 0) is 35.9 Å². The smallest absolute Gasteiger partial charge is 0.318 e. The van der Waals surface area contributed by atoms with Crippen LogP contribution >= 0.6 is 11.6 Å². The normalized spacial score (nSPS) is 10.8. The number of benzene rings is 2. The predicted octanol–water partition coefficient (Wildman–Crippen LogP) is 3.09. The van der Waals surface area contributed by atoms with Gasteiger partial charge < -0.3 is 5.32 Å². The van der Waals surface area contributed by atoms with Gasteiger partial charge in [-0.15, -0.1) is 0 Å². The molecule has 0 aromatic heterocycles. The summed E-state index contributed by atoms with van der Waals surface area (Å²) in [6, 6.07) is 16.0. The van der Waals surface area contributed by atoms with E-state index in [4.69, 9.17) is 11.6 Å². The number of hydrogen-bond acceptors (Lipinski definition) is 3. The molecule has 2 aromatic carbocycles. The first kappa shape index (κ1) is 16.5. The lowest BCUT2D eigenvalue weighted by Gasteiger charge is -2.03. The highest BCUT2D eigenvalue weighted by Crippen LogP contribution is 2.13. The first-order valence-corrected chi connectivity index (χ1v) is 7.14. The lowest BCUT2D eigenvalue weighted by Crippen LogP contribution is -2.32. The maximum absolute atomic E-state index is 11.6. The number of halogens is 1. The summed E-state index contributed by atoms with van der Waals surface area (Å²) in [5.74, 6) is -1.67. The zero-order valence-electron chi connectivity index (χ0n) is 12.1. The van der Waals surface area contributed by atoms with E-state index < -0.39 is 11.8 Å². The number of anilines is 1. The van der Waals surface area contributed by atoms with Gasteiger partial charge in [0.05, 0.1) is 0 Å². The Bertz CT molecular complexity index is 725. The largest absolute Gasteiger partial charge is 0.329 e. The van der Waals surface area contributed by atoms with Crippen LogP contribution < -0.4 is 10.7 Å². The zero-order chi connectivity index (χ0) is 16.5. The molecule has 0 aliphatic carbocycles. The minimum atomic E-state index is -0.857. The molecule has 0 unspecified atom stereocenters. The lowest BCUT2D eigenvalue weighted by atomic mass is 10.2. The van der Waals surface area contributed by atoms with Crippen molar-refractivity contribution in [3.63, 3.8) is 0 Å². The predicted molar refractivity (Wildman–Crippen MR) is 92.2 cm³/mol. The molecule has 0 saturated carbocycles. The van der Waals surface area contributed by atoms with E-state index in [9.17, 15) is 9.59 Å². The van der Waals surface area contributed by atoms with Gasteiger partial charge in [0.1, 0.15) is 0 Å². The van der Waals surface area contributed by atoms with E-state index in [1.54, 1.807) is 30.3 Å². The lowest BCUT2D eigenvalue weighted by molar-refractivity contribution is -0.136. The molecular weight excluding hydrogens is 314 g/mol. The van der Waals surface area contributed by atoms with E-state index in [0.717, 1.165) is 5.56 Å². The average molecular weight is 328 g/mol. The summed E-state index contributed by atoms with van der Waals surface area (Å²) in [5.41, 5.74) is 3.62. The number of allylic oxidation sites excluding steroid dienone is 1. The van der Waals surface area contributed by atoms with E-state index in [2.05, 4.69) is 15.8 Å². The Morgan fingerprint density at radius 3 is 2.35 bits per heavy atom. The topological polar surface area (TPSA) is 70.6 Å². The maximum atomic E-state index is 11.6. The van der Waals surface area contributed by atoms with Crippen LogP contribution in [0, 0.1) is 0 Å². The van der Waals surface area contributed by atoms with Crippen molar-refractivity contribution in [3.8, 4) is 0 Å². The molecule has 0 saturated heterocycles. The van der Waals surface area contributed by atoms with E-state index in [0.29, 0.717) is 10.7 Å². The maximum Gasteiger partial charge on any atom is 0.329 e. The molecule has 0 aliphatic heterocycles. The van der Waals surface area contributed by atoms with Gasteiger partial charge in [-0.25, -0.2) is 5.43 Å². The molecule has 0 heterocycles. The van der Waals surface area contributed by atoms with Crippen LogP contribution in [-0.4, -0.2) is 18.0 Å². The second-order valence-corrected chi connectivity index (χ2v) is 4.89. The third-order valence-electron chi connectivity index (χ3n) is 2.72. The quantitative estimate of drug-likeness (QED) is 0.514. The van der Waals surface area contributed by atoms with Gasteiger partial charge in [0, 0.05) is 16.9 Å². The minimum absolute atomic E-state index is 0.475. The molecule has 5 nitrogen and oxygen atoms in total. The number of nitrogens with one attached hydrogen (secondary N) is 2. The van der Waals surface area contributed by atoms with Crippen molar-refractivity contribution in [3.05, 3.63) is 71.3 Å². The Morgan fingerprint density at radius 1 is 0.957 bits per heavy atom. The highest BCUT2D eigenvalue weighted by molar-refractivity contribution is 6.39. The first-order valence-electron chi connectivity index (χ1n) is 6.77. The van der Waals surface area contributed by atoms with Crippen LogP contribution in [0.3, 0.4) is 0 Å². The van der Waals surface area contributed by atoms with Crippen molar-refractivity contribution in [2.24, 2.45) is 5.10 Å². The summed E-state index contributed by atoms with van der Waals surface area (Å²) < 4.78 is 0. The van der Waals surface area contributed by atoms with Crippen molar-refractivity contribution >= 4 is 41.4 Å². The molecule has 0 radical (unpaired) electrons. The van der Waals surface area contributed by atoms with Crippen LogP contribution in [-0.2, 0) is 9.59 Å². The standard InChI is InChI=1S/C17H14ClN3O2/c18-14-8-10-15(11-9-14)20-16(22)17(23)21-19-12-4-7-13-5-2-1-3-6-13/h1-12H,(H,20,22)(H,21,23). The van der Waals surface area contributed by atoms with Crippen LogP contribution in [0.15, 0.2) is 65.8 Å². The number of amides is 2. The monoisotopic (exact) mass is 327 g/mol. The fourth-order valence-corrected chi connectivity index (χ4v) is 1.76. The summed E-state index contributed by atoms with van der Waals surface area (Å²) in [6.07, 6.45) is 4.87. The summed E-state index contributed by atoms with van der Waals surface area (Å²) in [5, 5.41) is 6.65. The molecule has 2 N–H and O–H groups in total. The Balaban J connectivity index is 1.79. The van der Waals surface area contributed by atoms with Crippen LogP contribution in [0.25, 0.3) is 6.08 Å². The van der Waals surface area contributed by atoms with E-state index in [-0.39, 0.29) is 0 Å². The molecule has 2 rings (SSSR count). The fourth-order valence-electron chi connectivity index (χ4n) is 1.63. The SMILES string of the molecule is O=C(NN=CC=Cc1ccccc1)C(=O)Nc1ccc(Cl)cc1. The van der Waals surface area contributed by atoms with E-state index in [1.807, 2.05) is 36.4 Å². The van der Waals surface area contributed by atoms with Crippen LogP contribution in [0.2, 0.25) is 5.02 Å². The molecule has 116 valence electrons.